The maximum atomic E-state index is 11.8. The number of amides is 2. The van der Waals surface area contributed by atoms with Gasteiger partial charge in [-0.05, 0) is 25.1 Å². The van der Waals surface area contributed by atoms with Crippen LogP contribution in [0, 0.1) is 6.92 Å². The monoisotopic (exact) mass is 325 g/mol. The molecule has 0 spiro atoms. The molecule has 3 N–H and O–H groups in total. The smallest absolute Gasteiger partial charge is 0.335 e. The topological polar surface area (TPSA) is 91.3 Å². The summed E-state index contributed by atoms with van der Waals surface area (Å²) < 4.78 is 0. The van der Waals surface area contributed by atoms with Gasteiger partial charge in [-0.15, -0.1) is 11.3 Å². The van der Waals surface area contributed by atoms with Crippen LogP contribution in [0.2, 0.25) is 5.02 Å². The number of aromatic carboxylic acids is 1. The zero-order chi connectivity index (χ0) is 15.4. The van der Waals surface area contributed by atoms with E-state index in [2.05, 4.69) is 15.6 Å². The van der Waals surface area contributed by atoms with Crippen LogP contribution in [-0.4, -0.2) is 22.1 Å². The fraction of sp³-hybridized carbons (Fsp3) is 0.154. The van der Waals surface area contributed by atoms with Crippen molar-refractivity contribution in [2.75, 3.05) is 5.32 Å². The number of carboxylic acids is 1. The first-order valence-electron chi connectivity index (χ1n) is 5.94. The first kappa shape index (κ1) is 15.3. The summed E-state index contributed by atoms with van der Waals surface area (Å²) in [6, 6.07) is 3.61. The van der Waals surface area contributed by atoms with Crippen molar-refractivity contribution in [3.05, 3.63) is 44.9 Å². The summed E-state index contributed by atoms with van der Waals surface area (Å²) in [7, 11) is 0. The average molecular weight is 326 g/mol. The molecule has 0 fully saturated rings. The second-order valence-corrected chi connectivity index (χ2v) is 5.54. The first-order valence-corrected chi connectivity index (χ1v) is 7.20. The predicted octanol–water partition coefficient (Wildman–Crippen LogP) is 3.12. The van der Waals surface area contributed by atoms with E-state index in [1.165, 1.54) is 29.5 Å². The van der Waals surface area contributed by atoms with Gasteiger partial charge in [-0.2, -0.15) is 0 Å². The maximum absolute atomic E-state index is 11.8. The molecule has 110 valence electrons. The molecule has 0 aliphatic heterocycles. The summed E-state index contributed by atoms with van der Waals surface area (Å²) in [5.41, 5.74) is 1.18. The van der Waals surface area contributed by atoms with Crippen LogP contribution in [0.5, 0.6) is 0 Å². The number of urea groups is 1. The van der Waals surface area contributed by atoms with Gasteiger partial charge in [0.1, 0.15) is 5.01 Å². The summed E-state index contributed by atoms with van der Waals surface area (Å²) in [6.07, 6.45) is 0. The number of aromatic nitrogens is 1. The molecule has 0 aliphatic carbocycles. The Hall–Kier alpha value is -2.12. The molecule has 2 rings (SSSR count). The van der Waals surface area contributed by atoms with Crippen LogP contribution in [0.25, 0.3) is 0 Å². The quantitative estimate of drug-likeness (QED) is 0.805. The lowest BCUT2D eigenvalue weighted by molar-refractivity contribution is 0.0697. The molecule has 21 heavy (non-hydrogen) atoms. The van der Waals surface area contributed by atoms with Gasteiger partial charge >= 0.3 is 12.0 Å². The summed E-state index contributed by atoms with van der Waals surface area (Å²) in [6.45, 7) is 2.16. The fourth-order valence-corrected chi connectivity index (χ4v) is 2.44. The maximum Gasteiger partial charge on any atom is 0.335 e. The molecule has 0 aliphatic rings. The molecule has 0 saturated heterocycles. The highest BCUT2D eigenvalue weighted by molar-refractivity contribution is 7.09. The van der Waals surface area contributed by atoms with Crippen molar-refractivity contribution in [1.29, 1.82) is 0 Å². The molecule has 8 heteroatoms. The Bertz CT molecular complexity index is 687. The summed E-state index contributed by atoms with van der Waals surface area (Å²) in [4.78, 5) is 26.9. The number of halogens is 1. The Balaban J connectivity index is 1.99. The Morgan fingerprint density at radius 1 is 1.43 bits per heavy atom. The minimum atomic E-state index is -1.09. The molecule has 6 nitrogen and oxygen atoms in total. The second-order valence-electron chi connectivity index (χ2n) is 4.19. The zero-order valence-electron chi connectivity index (χ0n) is 11.0. The largest absolute Gasteiger partial charge is 0.478 e. The van der Waals surface area contributed by atoms with Crippen molar-refractivity contribution in [2.24, 2.45) is 0 Å². The lowest BCUT2D eigenvalue weighted by Gasteiger charge is -2.09. The van der Waals surface area contributed by atoms with E-state index in [1.807, 2.05) is 12.3 Å². The molecular formula is C13H12ClN3O3S. The Kier molecular flexibility index (Phi) is 4.77. The Labute approximate surface area is 129 Å². The number of thiazole rings is 1. The lowest BCUT2D eigenvalue weighted by Crippen LogP contribution is -2.28. The van der Waals surface area contributed by atoms with Gasteiger partial charge in [0.2, 0.25) is 0 Å². The molecule has 2 aromatic rings. The number of carboxylic acid groups (broad SMARTS) is 1. The second kappa shape index (κ2) is 6.55. The number of hydrogen-bond donors (Lipinski definition) is 3. The standard InChI is InChI=1S/C13H12ClN3O3S/c1-7-6-21-11(16-7)5-15-13(20)17-10-4-8(12(18)19)2-3-9(10)14/h2-4,6H,5H2,1H3,(H,18,19)(H2,15,17,20). The van der Waals surface area contributed by atoms with Crippen LogP contribution < -0.4 is 10.6 Å². The third-order valence-corrected chi connectivity index (χ3v) is 3.82. The van der Waals surface area contributed by atoms with E-state index in [-0.39, 0.29) is 16.3 Å². The molecule has 0 saturated carbocycles. The van der Waals surface area contributed by atoms with E-state index >= 15 is 0 Å². The van der Waals surface area contributed by atoms with Gasteiger partial charge in [0.25, 0.3) is 0 Å². The average Bonchev–Trinajstić information content (AvgIpc) is 2.84. The van der Waals surface area contributed by atoms with E-state index < -0.39 is 12.0 Å². The molecule has 0 radical (unpaired) electrons. The van der Waals surface area contributed by atoms with E-state index in [4.69, 9.17) is 16.7 Å². The number of carbonyl (C=O) groups excluding carboxylic acids is 1. The van der Waals surface area contributed by atoms with E-state index in [0.29, 0.717) is 6.54 Å². The Morgan fingerprint density at radius 2 is 2.19 bits per heavy atom. The lowest BCUT2D eigenvalue weighted by atomic mass is 10.2. The number of nitrogens with zero attached hydrogens (tertiary/aromatic N) is 1. The summed E-state index contributed by atoms with van der Waals surface area (Å²) in [5.74, 6) is -1.09. The van der Waals surface area contributed by atoms with Gasteiger partial charge in [0.05, 0.1) is 22.8 Å². The highest BCUT2D eigenvalue weighted by Gasteiger charge is 2.10. The normalized spacial score (nSPS) is 10.2. The molecule has 0 unspecified atom stereocenters. The van der Waals surface area contributed by atoms with E-state index in [9.17, 15) is 9.59 Å². The molecule has 1 aromatic carbocycles. The zero-order valence-corrected chi connectivity index (χ0v) is 12.6. The number of rotatable bonds is 4. The molecule has 1 aromatic heterocycles. The molecule has 0 bridgehead atoms. The summed E-state index contributed by atoms with van der Waals surface area (Å²) in [5, 5.41) is 17.0. The number of anilines is 1. The number of nitrogens with one attached hydrogen (secondary N) is 2. The Morgan fingerprint density at radius 3 is 2.81 bits per heavy atom. The number of aryl methyl sites for hydroxylation is 1. The third kappa shape index (κ3) is 4.17. The van der Waals surface area contributed by atoms with Crippen molar-refractivity contribution in [3.63, 3.8) is 0 Å². The first-order chi connectivity index (χ1) is 9.95. The predicted molar refractivity (Wildman–Crippen MR) is 81.1 cm³/mol. The summed E-state index contributed by atoms with van der Waals surface area (Å²) >= 11 is 7.37. The van der Waals surface area contributed by atoms with Gasteiger partial charge in [-0.25, -0.2) is 14.6 Å². The molecule has 2 amide bonds. The van der Waals surface area contributed by atoms with Gasteiger partial charge in [-0.1, -0.05) is 11.6 Å². The van der Waals surface area contributed by atoms with Gasteiger partial charge in [0, 0.05) is 11.1 Å². The van der Waals surface area contributed by atoms with Crippen molar-refractivity contribution in [1.82, 2.24) is 10.3 Å². The SMILES string of the molecule is Cc1csc(CNC(=O)Nc2cc(C(=O)O)ccc2Cl)n1. The van der Waals surface area contributed by atoms with E-state index in [1.54, 1.807) is 0 Å². The molecule has 0 atom stereocenters. The fourth-order valence-electron chi connectivity index (χ4n) is 1.56. The van der Waals surface area contributed by atoms with Crippen molar-refractivity contribution >= 4 is 40.6 Å². The molecular weight excluding hydrogens is 314 g/mol. The highest BCUT2D eigenvalue weighted by Crippen LogP contribution is 2.23. The molecule has 1 heterocycles. The van der Waals surface area contributed by atoms with Crippen molar-refractivity contribution in [3.8, 4) is 0 Å². The third-order valence-electron chi connectivity index (χ3n) is 2.53. The minimum absolute atomic E-state index is 0.0465. The van der Waals surface area contributed by atoms with Crippen LogP contribution in [0.1, 0.15) is 21.1 Å². The number of benzene rings is 1. The van der Waals surface area contributed by atoms with E-state index in [0.717, 1.165) is 10.7 Å². The van der Waals surface area contributed by atoms with Crippen LogP contribution in [0.3, 0.4) is 0 Å². The minimum Gasteiger partial charge on any atom is -0.478 e. The number of hydrogen-bond acceptors (Lipinski definition) is 4. The van der Waals surface area contributed by atoms with Crippen molar-refractivity contribution in [2.45, 2.75) is 13.5 Å². The van der Waals surface area contributed by atoms with Gasteiger partial charge in [-0.3, -0.25) is 0 Å². The van der Waals surface area contributed by atoms with Crippen LogP contribution >= 0.6 is 22.9 Å². The van der Waals surface area contributed by atoms with Gasteiger partial charge < -0.3 is 15.7 Å². The number of carbonyl (C=O) groups is 2. The van der Waals surface area contributed by atoms with Crippen LogP contribution in [0.4, 0.5) is 10.5 Å². The van der Waals surface area contributed by atoms with Crippen LogP contribution in [-0.2, 0) is 6.54 Å². The highest BCUT2D eigenvalue weighted by atomic mass is 35.5. The van der Waals surface area contributed by atoms with Crippen molar-refractivity contribution < 1.29 is 14.7 Å². The van der Waals surface area contributed by atoms with Crippen LogP contribution in [0.15, 0.2) is 23.6 Å². The van der Waals surface area contributed by atoms with Gasteiger partial charge in [0.15, 0.2) is 0 Å².